The lowest BCUT2D eigenvalue weighted by atomic mass is 10.2. The molecule has 0 spiro atoms. The molecule has 33 heavy (non-hydrogen) atoms. The molecule has 3 rings (SSSR count). The second-order valence-electron chi connectivity index (χ2n) is 7.76. The van der Waals surface area contributed by atoms with Crippen LogP contribution in [0, 0.1) is 0 Å². The van der Waals surface area contributed by atoms with Crippen LogP contribution in [0.3, 0.4) is 0 Å². The summed E-state index contributed by atoms with van der Waals surface area (Å²) in [5, 5.41) is 5.68. The molecular formula is C24H27F3N4O2. The van der Waals surface area contributed by atoms with Gasteiger partial charge in [0.25, 0.3) is 0 Å². The van der Waals surface area contributed by atoms with Gasteiger partial charge in [-0.15, -0.1) is 0 Å². The zero-order valence-electron chi connectivity index (χ0n) is 18.9. The Labute approximate surface area is 191 Å². The van der Waals surface area contributed by atoms with Crippen molar-refractivity contribution < 1.29 is 22.6 Å². The minimum Gasteiger partial charge on any atom is -0.491 e. The lowest BCUT2D eigenvalue weighted by Crippen LogP contribution is -2.13. The summed E-state index contributed by atoms with van der Waals surface area (Å²) in [4.78, 5) is 7.93. The van der Waals surface area contributed by atoms with E-state index in [-0.39, 0.29) is 24.0 Å². The molecule has 0 aliphatic carbocycles. The standard InChI is InChI=1S/C24H27F3N4O2/c1-5-16(4)33-20-8-6-7-18(13-20)29-22-21(24(25,26)27)14-28-23(31-22)30-17-9-11-19(12-10-17)32-15(2)3/h6-16H,5H2,1-4H3,(H2,28,29,30,31). The van der Waals surface area contributed by atoms with Crippen LogP contribution in [-0.2, 0) is 6.18 Å². The number of halogens is 3. The molecule has 1 atom stereocenters. The van der Waals surface area contributed by atoms with Gasteiger partial charge >= 0.3 is 6.18 Å². The SMILES string of the molecule is CCC(C)Oc1cccc(Nc2nc(Nc3ccc(OC(C)C)cc3)ncc2C(F)(F)F)c1. The number of rotatable bonds is 9. The van der Waals surface area contributed by atoms with Gasteiger partial charge in [0.1, 0.15) is 22.9 Å². The number of hydrogen-bond donors (Lipinski definition) is 2. The molecule has 0 saturated carbocycles. The maximum atomic E-state index is 13.6. The van der Waals surface area contributed by atoms with Gasteiger partial charge < -0.3 is 20.1 Å². The van der Waals surface area contributed by atoms with E-state index < -0.39 is 11.7 Å². The normalized spacial score (nSPS) is 12.4. The van der Waals surface area contributed by atoms with Crippen LogP contribution in [0.15, 0.2) is 54.7 Å². The fraction of sp³-hybridized carbons (Fsp3) is 0.333. The van der Waals surface area contributed by atoms with E-state index in [1.165, 1.54) is 0 Å². The van der Waals surface area contributed by atoms with Crippen molar-refractivity contribution in [2.45, 2.75) is 52.5 Å². The molecular weight excluding hydrogens is 433 g/mol. The third kappa shape index (κ3) is 7.00. The zero-order chi connectivity index (χ0) is 24.0. The van der Waals surface area contributed by atoms with Crippen LogP contribution in [0.1, 0.15) is 39.7 Å². The maximum Gasteiger partial charge on any atom is 0.421 e. The van der Waals surface area contributed by atoms with Crippen LogP contribution < -0.4 is 20.1 Å². The number of nitrogens with one attached hydrogen (secondary N) is 2. The van der Waals surface area contributed by atoms with Gasteiger partial charge in [-0.05, 0) is 63.6 Å². The molecule has 6 nitrogen and oxygen atoms in total. The first kappa shape index (κ1) is 24.2. The van der Waals surface area contributed by atoms with Crippen molar-refractivity contribution in [3.8, 4) is 11.5 Å². The molecule has 9 heteroatoms. The average Bonchev–Trinajstić information content (AvgIpc) is 2.74. The Kier molecular flexibility index (Phi) is 7.63. The summed E-state index contributed by atoms with van der Waals surface area (Å²) in [5.74, 6) is 0.903. The lowest BCUT2D eigenvalue weighted by molar-refractivity contribution is -0.137. The van der Waals surface area contributed by atoms with E-state index in [0.717, 1.165) is 12.6 Å². The van der Waals surface area contributed by atoms with E-state index in [1.54, 1.807) is 48.5 Å². The Hall–Kier alpha value is -3.49. The molecule has 0 bridgehead atoms. The number of ether oxygens (including phenoxy) is 2. The van der Waals surface area contributed by atoms with Crippen molar-refractivity contribution in [1.82, 2.24) is 9.97 Å². The number of benzene rings is 2. The van der Waals surface area contributed by atoms with Crippen molar-refractivity contribution >= 4 is 23.1 Å². The van der Waals surface area contributed by atoms with Crippen molar-refractivity contribution in [1.29, 1.82) is 0 Å². The summed E-state index contributed by atoms with van der Waals surface area (Å²) in [5.41, 5.74) is 0.0592. The highest BCUT2D eigenvalue weighted by Gasteiger charge is 2.35. The van der Waals surface area contributed by atoms with Crippen LogP contribution in [0.25, 0.3) is 0 Å². The molecule has 2 N–H and O–H groups in total. The fourth-order valence-corrected chi connectivity index (χ4v) is 2.86. The zero-order valence-corrected chi connectivity index (χ0v) is 18.9. The van der Waals surface area contributed by atoms with Gasteiger partial charge in [0, 0.05) is 23.6 Å². The van der Waals surface area contributed by atoms with E-state index in [9.17, 15) is 13.2 Å². The summed E-state index contributed by atoms with van der Waals surface area (Å²) in [6.45, 7) is 7.75. The van der Waals surface area contributed by atoms with Crippen molar-refractivity contribution in [2.24, 2.45) is 0 Å². The Morgan fingerprint density at radius 3 is 2.27 bits per heavy atom. The Bertz CT molecular complexity index is 1060. The second-order valence-corrected chi connectivity index (χ2v) is 7.76. The fourth-order valence-electron chi connectivity index (χ4n) is 2.86. The first-order valence-corrected chi connectivity index (χ1v) is 10.7. The van der Waals surface area contributed by atoms with Crippen LogP contribution in [0.4, 0.5) is 36.3 Å². The van der Waals surface area contributed by atoms with E-state index in [2.05, 4.69) is 20.6 Å². The number of nitrogens with zero attached hydrogens (tertiary/aromatic N) is 2. The highest BCUT2D eigenvalue weighted by atomic mass is 19.4. The quantitative estimate of drug-likeness (QED) is 0.360. The minimum absolute atomic E-state index is 0.0156. The molecule has 1 unspecified atom stereocenters. The molecule has 1 heterocycles. The minimum atomic E-state index is -4.62. The predicted molar refractivity (Wildman–Crippen MR) is 123 cm³/mol. The summed E-state index contributed by atoms with van der Waals surface area (Å²) in [6.07, 6.45) is -3.04. The van der Waals surface area contributed by atoms with Gasteiger partial charge in [0.2, 0.25) is 5.95 Å². The molecule has 0 radical (unpaired) electrons. The summed E-state index contributed by atoms with van der Waals surface area (Å²) in [6, 6.07) is 13.7. The molecule has 176 valence electrons. The van der Waals surface area contributed by atoms with E-state index >= 15 is 0 Å². The summed E-state index contributed by atoms with van der Waals surface area (Å²) in [7, 11) is 0. The average molecular weight is 461 g/mol. The molecule has 2 aromatic carbocycles. The highest BCUT2D eigenvalue weighted by Crippen LogP contribution is 2.36. The Morgan fingerprint density at radius 1 is 0.909 bits per heavy atom. The van der Waals surface area contributed by atoms with Gasteiger partial charge in [-0.25, -0.2) is 4.98 Å². The van der Waals surface area contributed by atoms with Crippen LogP contribution >= 0.6 is 0 Å². The van der Waals surface area contributed by atoms with Gasteiger partial charge in [-0.3, -0.25) is 0 Å². The van der Waals surface area contributed by atoms with E-state index in [0.29, 0.717) is 22.9 Å². The largest absolute Gasteiger partial charge is 0.491 e. The van der Waals surface area contributed by atoms with Crippen molar-refractivity contribution in [3.63, 3.8) is 0 Å². The molecule has 3 aromatic rings. The summed E-state index contributed by atoms with van der Waals surface area (Å²) >= 11 is 0. The first-order valence-electron chi connectivity index (χ1n) is 10.7. The highest BCUT2D eigenvalue weighted by molar-refractivity contribution is 5.64. The third-order valence-corrected chi connectivity index (χ3v) is 4.59. The van der Waals surface area contributed by atoms with Crippen LogP contribution in [-0.4, -0.2) is 22.2 Å². The number of alkyl halides is 3. The van der Waals surface area contributed by atoms with E-state index in [1.807, 2.05) is 27.7 Å². The van der Waals surface area contributed by atoms with Crippen LogP contribution in [0.2, 0.25) is 0 Å². The maximum absolute atomic E-state index is 13.6. The van der Waals surface area contributed by atoms with Crippen LogP contribution in [0.5, 0.6) is 11.5 Å². The molecule has 1 aromatic heterocycles. The monoisotopic (exact) mass is 460 g/mol. The molecule has 0 amide bonds. The molecule has 0 aliphatic heterocycles. The summed E-state index contributed by atoms with van der Waals surface area (Å²) < 4.78 is 52.1. The lowest BCUT2D eigenvalue weighted by Gasteiger charge is -2.16. The number of aromatic nitrogens is 2. The molecule has 0 fully saturated rings. The predicted octanol–water partition coefficient (Wildman–Crippen LogP) is 6.95. The molecule has 0 aliphatic rings. The number of anilines is 4. The van der Waals surface area contributed by atoms with Crippen molar-refractivity contribution in [2.75, 3.05) is 10.6 Å². The van der Waals surface area contributed by atoms with Gasteiger partial charge in [-0.1, -0.05) is 13.0 Å². The molecule has 0 saturated heterocycles. The second kappa shape index (κ2) is 10.4. The van der Waals surface area contributed by atoms with Gasteiger partial charge in [0.15, 0.2) is 0 Å². The third-order valence-electron chi connectivity index (χ3n) is 4.59. The van der Waals surface area contributed by atoms with Gasteiger partial charge in [-0.2, -0.15) is 18.2 Å². The van der Waals surface area contributed by atoms with Crippen molar-refractivity contribution in [3.05, 3.63) is 60.3 Å². The van der Waals surface area contributed by atoms with Gasteiger partial charge in [0.05, 0.1) is 12.2 Å². The topological polar surface area (TPSA) is 68.3 Å². The first-order chi connectivity index (χ1) is 15.6. The number of hydrogen-bond acceptors (Lipinski definition) is 6. The Balaban J connectivity index is 1.84. The smallest absolute Gasteiger partial charge is 0.421 e. The van der Waals surface area contributed by atoms with E-state index in [4.69, 9.17) is 9.47 Å². The Morgan fingerprint density at radius 2 is 1.64 bits per heavy atom.